The number of fused-ring (bicyclic) bond motifs is 5. The zero-order chi connectivity index (χ0) is 49.1. The first-order chi connectivity index (χ1) is 33.1. The molecule has 4 N–H and O–H groups in total. The number of rotatable bonds is 8. The van der Waals surface area contributed by atoms with Crippen LogP contribution in [0.15, 0.2) is 36.4 Å². The van der Waals surface area contributed by atoms with E-state index in [1.54, 1.807) is 22.8 Å². The van der Waals surface area contributed by atoms with Crippen molar-refractivity contribution in [3.63, 3.8) is 0 Å². The minimum atomic E-state index is -2.35. The molecule has 20 nitrogen and oxygen atoms in total. The number of halogens is 1. The van der Waals surface area contributed by atoms with Crippen LogP contribution in [-0.4, -0.2) is 180 Å². The zero-order valence-electron chi connectivity index (χ0n) is 37.4. The quantitative estimate of drug-likeness (QED) is 0.145. The van der Waals surface area contributed by atoms with Crippen molar-refractivity contribution < 1.29 is 82.4 Å². The van der Waals surface area contributed by atoms with E-state index >= 15 is 0 Å². The van der Waals surface area contributed by atoms with Crippen molar-refractivity contribution in [3.8, 4) is 23.0 Å². The third kappa shape index (κ3) is 8.83. The maximum absolute atomic E-state index is 14.1. The molecule has 4 heterocycles. The molecule has 8 atom stereocenters. The summed E-state index contributed by atoms with van der Waals surface area (Å²) in [6.07, 6.45) is -6.46. The van der Waals surface area contributed by atoms with Gasteiger partial charge in [-0.25, -0.2) is 4.79 Å². The summed E-state index contributed by atoms with van der Waals surface area (Å²) in [7, 11) is 2.66. The Morgan fingerprint density at radius 3 is 2.28 bits per heavy atom. The standard InChI is InChI=1S/C46H48ClN3O17Se2/c1-21-42-26(50(20-64-42)44(58)63-17-22-8-9-29(25(47)12-22)67-45(59)49-11-5-10-48(43(57)62-3)27-18-68-69-19-28(27)49)13-33(65-21)66-31-15-46(60,32(52)16-51)14-24-35(31)41(56)37-36(39(24)54)38(53)23-6-4-7-30(61-2)34(23)40(37)55/h4,6-9,12,21,26-28,31,33,42,51,54,56,60H,5,10-11,13-20H2,1-3H3/t21-,26+,27+,28+,31-,33-,42+,46-/m0/s1. The molecule has 0 unspecified atom stereocenters. The van der Waals surface area contributed by atoms with Gasteiger partial charge in [0.2, 0.25) is 5.78 Å². The number of aromatic hydroxyl groups is 2. The van der Waals surface area contributed by atoms with Crippen molar-refractivity contribution in [2.24, 2.45) is 0 Å². The van der Waals surface area contributed by atoms with Crippen LogP contribution in [0.2, 0.25) is 15.7 Å². The first-order valence-corrected chi connectivity index (χ1v) is 29.2. The number of aliphatic hydroxyl groups excluding tert-OH is 1. The van der Waals surface area contributed by atoms with E-state index in [-0.39, 0.29) is 70.6 Å². The van der Waals surface area contributed by atoms with Gasteiger partial charge in [0.05, 0.1) is 42.0 Å². The number of aliphatic hydroxyl groups is 2. The van der Waals surface area contributed by atoms with Crippen molar-refractivity contribution >= 4 is 73.5 Å². The number of hydrogen-bond donors (Lipinski definition) is 4. The molecule has 4 fully saturated rings. The van der Waals surface area contributed by atoms with E-state index in [4.69, 9.17) is 44.8 Å². The molecule has 0 aromatic heterocycles. The second-order valence-electron chi connectivity index (χ2n) is 17.4. The summed E-state index contributed by atoms with van der Waals surface area (Å²) >= 11 is 7.38. The summed E-state index contributed by atoms with van der Waals surface area (Å²) in [5, 5.41) is 46.9. The van der Waals surface area contributed by atoms with E-state index in [0.717, 1.165) is 10.6 Å². The van der Waals surface area contributed by atoms with Crippen molar-refractivity contribution in [1.82, 2.24) is 14.7 Å². The molecule has 3 aromatic rings. The van der Waals surface area contributed by atoms with Crippen LogP contribution in [0.5, 0.6) is 23.0 Å². The van der Waals surface area contributed by atoms with Crippen LogP contribution in [0.3, 0.4) is 0 Å². The number of ether oxygens (including phenoxy) is 7. The monoisotopic (exact) mass is 1110 g/mol. The molecular weight excluding hydrogens is 1060 g/mol. The van der Waals surface area contributed by atoms with E-state index in [2.05, 4.69) is 0 Å². The molecule has 368 valence electrons. The first-order valence-electron chi connectivity index (χ1n) is 22.0. The first kappa shape index (κ1) is 49.0. The molecule has 23 heteroatoms. The van der Waals surface area contributed by atoms with Crippen LogP contribution in [0.25, 0.3) is 0 Å². The number of phenolic OH excluding ortho intramolecular Hbond substituents is 2. The number of methoxy groups -OCH3 is 2. The SMILES string of the molecule is COC(=O)N1CCCN(C(=O)Oc2ccc(COC(=O)N3CO[C@@H]4[C@H](C)O[C@@H](O[C@H]5C[C@](O)(C(=O)CO)Cc6c(O)c7c(c(O)c65)C(=O)c5c(OC)cccc5C7=O)C[C@H]43)cc2Cl)[C@@H]2C[Se][Se]C[C@H]21. The summed E-state index contributed by atoms with van der Waals surface area (Å²) in [5.74, 6) is -3.95. The predicted molar refractivity (Wildman–Crippen MR) is 240 cm³/mol. The number of carbonyl (C=O) groups excluding carboxylic acids is 6. The molecule has 0 saturated carbocycles. The van der Waals surface area contributed by atoms with Crippen LogP contribution in [0.4, 0.5) is 14.4 Å². The van der Waals surface area contributed by atoms with Gasteiger partial charge in [-0.1, -0.05) is 12.1 Å². The van der Waals surface area contributed by atoms with Crippen LogP contribution in [0, 0.1) is 0 Å². The van der Waals surface area contributed by atoms with Gasteiger partial charge in [0.25, 0.3) is 0 Å². The number of nitrogens with zero attached hydrogens (tertiary/aromatic N) is 3. The molecule has 69 heavy (non-hydrogen) atoms. The number of phenols is 2. The van der Waals surface area contributed by atoms with Crippen LogP contribution in [-0.2, 0) is 41.5 Å². The van der Waals surface area contributed by atoms with Gasteiger partial charge in [-0.3, -0.25) is 19.3 Å². The zero-order valence-corrected chi connectivity index (χ0v) is 41.6. The van der Waals surface area contributed by atoms with Gasteiger partial charge >= 0.3 is 180 Å². The third-order valence-corrected chi connectivity index (χ3v) is 21.0. The van der Waals surface area contributed by atoms with Crippen LogP contribution in [0.1, 0.15) is 80.8 Å². The van der Waals surface area contributed by atoms with Gasteiger partial charge in [-0.15, -0.1) is 0 Å². The molecule has 3 aromatic carbocycles. The van der Waals surface area contributed by atoms with Gasteiger partial charge in [0.1, 0.15) is 42.3 Å². The molecule has 0 bridgehead atoms. The third-order valence-electron chi connectivity index (χ3n) is 13.5. The van der Waals surface area contributed by atoms with Gasteiger partial charge in [-0.2, -0.15) is 0 Å². The van der Waals surface area contributed by atoms with Crippen molar-refractivity contribution in [3.05, 3.63) is 80.4 Å². The maximum atomic E-state index is 14.1. The Balaban J connectivity index is 0.894. The molecule has 3 amide bonds. The molecule has 4 saturated heterocycles. The summed E-state index contributed by atoms with van der Waals surface area (Å²) < 4.78 is 40.4. The van der Waals surface area contributed by atoms with Gasteiger partial charge in [0.15, 0.2) is 17.9 Å². The fourth-order valence-electron chi connectivity index (χ4n) is 10.1. The summed E-state index contributed by atoms with van der Waals surface area (Å²) in [6, 6.07) is 7.91. The molecule has 0 spiro atoms. The van der Waals surface area contributed by atoms with Crippen LogP contribution < -0.4 is 9.47 Å². The number of benzene rings is 3. The molecule has 0 radical (unpaired) electrons. The molecule has 9 rings (SSSR count). The Labute approximate surface area is 410 Å². The van der Waals surface area contributed by atoms with Gasteiger partial charge in [0, 0.05) is 36.0 Å². The molecule has 4 aliphatic heterocycles. The van der Waals surface area contributed by atoms with Crippen molar-refractivity contribution in [2.75, 3.05) is 40.6 Å². The number of hydrogen-bond acceptors (Lipinski definition) is 17. The molecular formula is C46H48ClN3O17Se2. The minimum absolute atomic E-state index is 0.0465. The number of Topliss-reactive ketones (excluding diaryl/α,β-unsaturated/α-hetero) is 1. The van der Waals surface area contributed by atoms with E-state index in [1.807, 2.05) is 0 Å². The fraction of sp³-hybridized carbons (Fsp3) is 0.478. The van der Waals surface area contributed by atoms with Crippen molar-refractivity contribution in [2.45, 2.75) is 98.2 Å². The molecule has 6 aliphatic rings. The Hall–Kier alpha value is -4.99. The van der Waals surface area contributed by atoms with E-state index in [9.17, 15) is 49.2 Å². The molecule has 2 aliphatic carbocycles. The second kappa shape index (κ2) is 19.7. The Morgan fingerprint density at radius 2 is 1.59 bits per heavy atom. The van der Waals surface area contributed by atoms with E-state index in [0.29, 0.717) is 51.3 Å². The van der Waals surface area contributed by atoms with Crippen LogP contribution >= 0.6 is 11.6 Å². The summed E-state index contributed by atoms with van der Waals surface area (Å²) in [6.45, 7) is 1.07. The van der Waals surface area contributed by atoms with E-state index < -0.39 is 114 Å². The summed E-state index contributed by atoms with van der Waals surface area (Å²) in [5.41, 5.74) is -3.56. The average molecular weight is 1110 g/mol. The number of carbonyl (C=O) groups is 6. The summed E-state index contributed by atoms with van der Waals surface area (Å²) in [4.78, 5) is 85.7. The number of amides is 3. The topological polar surface area (TPSA) is 258 Å². The number of ketones is 3. The van der Waals surface area contributed by atoms with Crippen molar-refractivity contribution in [1.29, 1.82) is 0 Å². The Kier molecular flexibility index (Phi) is 14.0. The van der Waals surface area contributed by atoms with Gasteiger partial charge < -0.3 is 39.4 Å². The Morgan fingerprint density at radius 1 is 0.884 bits per heavy atom. The van der Waals surface area contributed by atoms with E-state index in [1.165, 1.54) is 49.5 Å². The second-order valence-corrected chi connectivity index (χ2v) is 25.3. The predicted octanol–water partition coefficient (Wildman–Crippen LogP) is 3.51. The average Bonchev–Trinajstić information content (AvgIpc) is 3.68. The Bertz CT molecular complexity index is 2620. The normalized spacial score (nSPS) is 27.2. The fourth-order valence-corrected chi connectivity index (χ4v) is 18.2. The van der Waals surface area contributed by atoms with Gasteiger partial charge in [-0.05, 0) is 13.0 Å².